The van der Waals surface area contributed by atoms with E-state index in [9.17, 15) is 18.4 Å². The Morgan fingerprint density at radius 3 is 2.44 bits per heavy atom. The molecule has 1 rings (SSSR count). The summed E-state index contributed by atoms with van der Waals surface area (Å²) >= 11 is 0. The van der Waals surface area contributed by atoms with Crippen LogP contribution in [0.2, 0.25) is 0 Å². The monoisotopic (exact) mass is 259 g/mol. The van der Waals surface area contributed by atoms with Crippen LogP contribution in [0.5, 0.6) is 0 Å². The molecule has 1 unspecified atom stereocenters. The summed E-state index contributed by atoms with van der Waals surface area (Å²) in [6.45, 7) is -0.198. The van der Waals surface area contributed by atoms with Crippen LogP contribution in [0.4, 0.5) is 8.78 Å². The van der Waals surface area contributed by atoms with Gasteiger partial charge in [-0.05, 0) is 6.07 Å². The van der Waals surface area contributed by atoms with Crippen LogP contribution >= 0.6 is 0 Å². The van der Waals surface area contributed by atoms with E-state index in [2.05, 4.69) is 5.32 Å². The molecule has 0 amide bonds. The van der Waals surface area contributed by atoms with Gasteiger partial charge in [-0.1, -0.05) is 6.07 Å². The number of carboxylic acids is 2. The molecule has 0 saturated carbocycles. The molecule has 98 valence electrons. The first-order chi connectivity index (χ1) is 8.40. The van der Waals surface area contributed by atoms with E-state index in [1.165, 1.54) is 0 Å². The molecule has 0 aliphatic carbocycles. The molecule has 0 spiro atoms. The Balaban J connectivity index is 2.66. The minimum absolute atomic E-state index is 0.0630. The lowest BCUT2D eigenvalue weighted by Gasteiger charge is -2.12. The second-order valence-corrected chi connectivity index (χ2v) is 3.61. The summed E-state index contributed by atoms with van der Waals surface area (Å²) in [4.78, 5) is 21.1. The zero-order valence-corrected chi connectivity index (χ0v) is 9.19. The van der Waals surface area contributed by atoms with Crippen molar-refractivity contribution in [3.63, 3.8) is 0 Å². The normalized spacial score (nSPS) is 12.1. The Morgan fingerprint density at radius 1 is 1.28 bits per heavy atom. The molecule has 1 atom stereocenters. The minimum Gasteiger partial charge on any atom is -0.481 e. The number of benzene rings is 1. The van der Waals surface area contributed by atoms with Crippen LogP contribution in [-0.2, 0) is 16.1 Å². The maximum atomic E-state index is 13.2. The molecule has 0 heterocycles. The van der Waals surface area contributed by atoms with Crippen LogP contribution in [0.1, 0.15) is 12.0 Å². The molecule has 0 bridgehead atoms. The predicted molar refractivity (Wildman–Crippen MR) is 56.9 cm³/mol. The third kappa shape index (κ3) is 4.10. The van der Waals surface area contributed by atoms with E-state index in [0.29, 0.717) is 6.07 Å². The Hall–Kier alpha value is -2.02. The van der Waals surface area contributed by atoms with Gasteiger partial charge in [0.1, 0.15) is 17.7 Å². The van der Waals surface area contributed by atoms with Crippen LogP contribution in [0, 0.1) is 11.6 Å². The van der Waals surface area contributed by atoms with E-state index < -0.39 is 36.0 Å². The van der Waals surface area contributed by atoms with Gasteiger partial charge in [0.25, 0.3) is 0 Å². The highest BCUT2D eigenvalue weighted by Crippen LogP contribution is 2.09. The molecule has 0 aromatic heterocycles. The fourth-order valence-corrected chi connectivity index (χ4v) is 1.32. The third-order valence-electron chi connectivity index (χ3n) is 2.23. The zero-order valence-electron chi connectivity index (χ0n) is 9.19. The Labute approximate surface area is 101 Å². The number of hydrogen-bond acceptors (Lipinski definition) is 3. The van der Waals surface area contributed by atoms with Gasteiger partial charge in [-0.2, -0.15) is 0 Å². The molecule has 7 heteroatoms. The topological polar surface area (TPSA) is 86.6 Å². The first kappa shape index (κ1) is 14.0. The standard InChI is InChI=1S/C11H11F2NO4/c12-7-2-1-6(8(13)3-7)5-14-9(11(17)18)4-10(15)16/h1-3,9,14H,4-5H2,(H,15,16)(H,17,18). The molecule has 0 aliphatic heterocycles. The molecule has 18 heavy (non-hydrogen) atoms. The molecule has 3 N–H and O–H groups in total. The maximum absolute atomic E-state index is 13.2. The van der Waals surface area contributed by atoms with Gasteiger partial charge < -0.3 is 10.2 Å². The van der Waals surface area contributed by atoms with E-state index in [1.807, 2.05) is 0 Å². The molecule has 1 aromatic rings. The summed E-state index contributed by atoms with van der Waals surface area (Å²) < 4.78 is 25.8. The van der Waals surface area contributed by atoms with Crippen molar-refractivity contribution in [2.45, 2.75) is 19.0 Å². The summed E-state index contributed by atoms with van der Waals surface area (Å²) in [5.41, 5.74) is 0.0630. The van der Waals surface area contributed by atoms with E-state index in [4.69, 9.17) is 10.2 Å². The number of carboxylic acid groups (broad SMARTS) is 2. The number of carbonyl (C=O) groups is 2. The first-order valence-corrected chi connectivity index (χ1v) is 5.02. The van der Waals surface area contributed by atoms with Gasteiger partial charge in [-0.15, -0.1) is 0 Å². The summed E-state index contributed by atoms with van der Waals surface area (Å²) in [7, 11) is 0. The molecule has 0 aliphatic rings. The van der Waals surface area contributed by atoms with Crippen LogP contribution < -0.4 is 5.32 Å². The van der Waals surface area contributed by atoms with Gasteiger partial charge in [0.05, 0.1) is 6.42 Å². The highest BCUT2D eigenvalue weighted by atomic mass is 19.1. The Kier molecular flexibility index (Phi) is 4.73. The highest BCUT2D eigenvalue weighted by Gasteiger charge is 2.20. The second kappa shape index (κ2) is 6.06. The van der Waals surface area contributed by atoms with Gasteiger partial charge in [0, 0.05) is 18.2 Å². The SMILES string of the molecule is O=C(O)CC(NCc1ccc(F)cc1F)C(=O)O. The zero-order chi connectivity index (χ0) is 13.7. The first-order valence-electron chi connectivity index (χ1n) is 5.02. The van der Waals surface area contributed by atoms with Crippen LogP contribution in [0.15, 0.2) is 18.2 Å². The van der Waals surface area contributed by atoms with Crippen LogP contribution in [0.3, 0.4) is 0 Å². The van der Waals surface area contributed by atoms with Crippen molar-refractivity contribution in [3.8, 4) is 0 Å². The smallest absolute Gasteiger partial charge is 0.321 e. The van der Waals surface area contributed by atoms with Gasteiger partial charge in [0.2, 0.25) is 0 Å². The van der Waals surface area contributed by atoms with Crippen molar-refractivity contribution in [3.05, 3.63) is 35.4 Å². The van der Waals surface area contributed by atoms with Crippen molar-refractivity contribution in [1.29, 1.82) is 0 Å². The largest absolute Gasteiger partial charge is 0.481 e. The van der Waals surface area contributed by atoms with Gasteiger partial charge in [-0.3, -0.25) is 14.9 Å². The van der Waals surface area contributed by atoms with E-state index in [-0.39, 0.29) is 12.1 Å². The fourth-order valence-electron chi connectivity index (χ4n) is 1.32. The molecule has 0 saturated heterocycles. The highest BCUT2D eigenvalue weighted by molar-refractivity contribution is 5.80. The number of aliphatic carboxylic acids is 2. The van der Waals surface area contributed by atoms with Crippen molar-refractivity contribution >= 4 is 11.9 Å². The van der Waals surface area contributed by atoms with E-state index >= 15 is 0 Å². The van der Waals surface area contributed by atoms with E-state index in [1.54, 1.807) is 0 Å². The summed E-state index contributed by atoms with van der Waals surface area (Å²) in [5, 5.41) is 19.6. The van der Waals surface area contributed by atoms with Crippen molar-refractivity contribution in [1.82, 2.24) is 5.32 Å². The average molecular weight is 259 g/mol. The Bertz CT molecular complexity index is 464. The fraction of sp³-hybridized carbons (Fsp3) is 0.273. The molecule has 1 aromatic carbocycles. The molecule has 0 radical (unpaired) electrons. The number of rotatable bonds is 6. The molecular weight excluding hydrogens is 248 g/mol. The lowest BCUT2D eigenvalue weighted by Crippen LogP contribution is -2.38. The predicted octanol–water partition coefficient (Wildman–Crippen LogP) is 0.982. The van der Waals surface area contributed by atoms with Crippen LogP contribution in [-0.4, -0.2) is 28.2 Å². The van der Waals surface area contributed by atoms with Crippen LogP contribution in [0.25, 0.3) is 0 Å². The van der Waals surface area contributed by atoms with Crippen molar-refractivity contribution in [2.24, 2.45) is 0 Å². The lowest BCUT2D eigenvalue weighted by atomic mass is 10.1. The lowest BCUT2D eigenvalue weighted by molar-refractivity contribution is -0.146. The molecule has 5 nitrogen and oxygen atoms in total. The number of nitrogens with one attached hydrogen (secondary N) is 1. The number of hydrogen-bond donors (Lipinski definition) is 3. The van der Waals surface area contributed by atoms with Gasteiger partial charge in [0.15, 0.2) is 0 Å². The summed E-state index contributed by atoms with van der Waals surface area (Å²) in [5.74, 6) is -4.19. The van der Waals surface area contributed by atoms with E-state index in [0.717, 1.165) is 12.1 Å². The Morgan fingerprint density at radius 2 is 1.94 bits per heavy atom. The summed E-state index contributed by atoms with van der Waals surface area (Å²) in [6.07, 6.45) is -0.627. The summed E-state index contributed by atoms with van der Waals surface area (Å²) in [6, 6.07) is 1.54. The van der Waals surface area contributed by atoms with Gasteiger partial charge >= 0.3 is 11.9 Å². The van der Waals surface area contributed by atoms with Crippen molar-refractivity contribution < 1.29 is 28.6 Å². The molecular formula is C11H11F2NO4. The second-order valence-electron chi connectivity index (χ2n) is 3.61. The third-order valence-corrected chi connectivity index (χ3v) is 2.23. The van der Waals surface area contributed by atoms with Crippen molar-refractivity contribution in [2.75, 3.05) is 0 Å². The van der Waals surface area contributed by atoms with Gasteiger partial charge in [-0.25, -0.2) is 8.78 Å². The quantitative estimate of drug-likeness (QED) is 0.709. The maximum Gasteiger partial charge on any atom is 0.321 e. The minimum atomic E-state index is -1.35. The average Bonchev–Trinajstić information content (AvgIpc) is 2.25. The number of halogens is 2. The molecule has 0 fully saturated rings.